The Morgan fingerprint density at radius 1 is 1.03 bits per heavy atom. The Balaban J connectivity index is 1.87. The molecule has 34 heavy (non-hydrogen) atoms. The van der Waals surface area contributed by atoms with Crippen LogP contribution < -0.4 is 14.8 Å². The maximum Gasteiger partial charge on any atom is 0.337 e. The van der Waals surface area contributed by atoms with Crippen molar-refractivity contribution in [3.8, 4) is 11.5 Å². The van der Waals surface area contributed by atoms with Crippen LogP contribution in [0, 0.1) is 0 Å². The monoisotopic (exact) mass is 461 g/mol. The second-order valence-corrected chi connectivity index (χ2v) is 8.99. The first kappa shape index (κ1) is 23.6. The Kier molecular flexibility index (Phi) is 6.77. The number of rotatable bonds is 6. The molecule has 0 fully saturated rings. The first-order valence-corrected chi connectivity index (χ1v) is 11.6. The van der Waals surface area contributed by atoms with Crippen LogP contribution in [0.15, 0.2) is 71.1 Å². The van der Waals surface area contributed by atoms with Crippen LogP contribution in [0.1, 0.15) is 56.6 Å². The number of ether oxygens (including phenoxy) is 3. The molecule has 1 aliphatic carbocycles. The molecule has 0 aromatic heterocycles. The molecule has 2 unspecified atom stereocenters. The van der Waals surface area contributed by atoms with E-state index in [0.717, 1.165) is 11.3 Å². The fourth-order valence-corrected chi connectivity index (χ4v) is 4.92. The number of nitrogens with one attached hydrogen (secondary N) is 1. The molecule has 2 aliphatic rings. The van der Waals surface area contributed by atoms with E-state index in [4.69, 9.17) is 14.2 Å². The summed E-state index contributed by atoms with van der Waals surface area (Å²) in [6, 6.07) is 15.5. The molecular weight excluding hydrogens is 430 g/mol. The van der Waals surface area contributed by atoms with E-state index in [0.29, 0.717) is 46.7 Å². The van der Waals surface area contributed by atoms with Gasteiger partial charge in [-0.1, -0.05) is 30.3 Å². The summed E-state index contributed by atoms with van der Waals surface area (Å²) >= 11 is 0. The molecule has 6 nitrogen and oxygen atoms in total. The molecule has 2 aromatic rings. The lowest BCUT2D eigenvalue weighted by atomic mass is 9.71. The number of hydrogen-bond donors (Lipinski definition) is 1. The number of carbonyl (C=O) groups excluding carboxylic acids is 2. The van der Waals surface area contributed by atoms with Crippen molar-refractivity contribution in [2.45, 2.75) is 51.6 Å². The van der Waals surface area contributed by atoms with Gasteiger partial charge in [0.25, 0.3) is 0 Å². The normalized spacial score (nSPS) is 20.1. The standard InChI is InChI=1S/C28H31NO5/c1-16(2)34-28(31)25-17(3)29-22-13-19(18-9-7-6-8-10-18)14-23(30)27(22)26(25)21-15-20(32-4)11-12-24(21)33-5/h6-12,15-16,19,26,29H,13-14H2,1-5H3. The number of dihydropyridines is 1. The molecule has 0 saturated heterocycles. The predicted molar refractivity (Wildman–Crippen MR) is 130 cm³/mol. The topological polar surface area (TPSA) is 73.9 Å². The smallest absolute Gasteiger partial charge is 0.337 e. The van der Waals surface area contributed by atoms with Gasteiger partial charge in [-0.2, -0.15) is 0 Å². The number of carbonyl (C=O) groups is 2. The van der Waals surface area contributed by atoms with Crippen molar-refractivity contribution >= 4 is 11.8 Å². The highest BCUT2D eigenvalue weighted by Gasteiger charge is 2.42. The van der Waals surface area contributed by atoms with Crippen LogP contribution in [0.5, 0.6) is 11.5 Å². The van der Waals surface area contributed by atoms with Gasteiger partial charge in [-0.15, -0.1) is 0 Å². The second kappa shape index (κ2) is 9.75. The molecule has 1 aliphatic heterocycles. The summed E-state index contributed by atoms with van der Waals surface area (Å²) in [6.45, 7) is 5.48. The molecule has 0 saturated carbocycles. The molecule has 4 rings (SSSR count). The van der Waals surface area contributed by atoms with Crippen LogP contribution in [-0.4, -0.2) is 32.1 Å². The zero-order valence-electron chi connectivity index (χ0n) is 20.3. The SMILES string of the molecule is COc1ccc(OC)c(C2C(C(=O)OC(C)C)=C(C)NC3=C2C(=O)CC(c2ccccc2)C3)c1. The van der Waals surface area contributed by atoms with E-state index in [2.05, 4.69) is 17.4 Å². The Labute approximate surface area is 200 Å². The average molecular weight is 462 g/mol. The summed E-state index contributed by atoms with van der Waals surface area (Å²) in [6.07, 6.45) is 0.761. The Bertz CT molecular complexity index is 1160. The fourth-order valence-electron chi connectivity index (χ4n) is 4.92. The third-order valence-corrected chi connectivity index (χ3v) is 6.41. The molecule has 0 bridgehead atoms. The summed E-state index contributed by atoms with van der Waals surface area (Å²) < 4.78 is 16.7. The van der Waals surface area contributed by atoms with Crippen LogP contribution in [0.2, 0.25) is 0 Å². The van der Waals surface area contributed by atoms with E-state index in [1.807, 2.05) is 45.0 Å². The largest absolute Gasteiger partial charge is 0.497 e. The van der Waals surface area contributed by atoms with Gasteiger partial charge in [-0.05, 0) is 56.9 Å². The van der Waals surface area contributed by atoms with E-state index >= 15 is 0 Å². The van der Waals surface area contributed by atoms with E-state index in [9.17, 15) is 9.59 Å². The molecule has 2 aromatic carbocycles. The zero-order valence-corrected chi connectivity index (χ0v) is 20.3. The minimum absolute atomic E-state index is 0.0137. The van der Waals surface area contributed by atoms with E-state index in [-0.39, 0.29) is 17.8 Å². The molecule has 6 heteroatoms. The van der Waals surface area contributed by atoms with Crippen molar-refractivity contribution in [1.82, 2.24) is 5.32 Å². The third-order valence-electron chi connectivity index (χ3n) is 6.41. The lowest BCUT2D eigenvalue weighted by Crippen LogP contribution is -2.36. The lowest BCUT2D eigenvalue weighted by molar-refractivity contribution is -0.143. The third kappa shape index (κ3) is 4.45. The van der Waals surface area contributed by atoms with Crippen LogP contribution in [0.3, 0.4) is 0 Å². The summed E-state index contributed by atoms with van der Waals surface area (Å²) in [5.41, 5.74) is 4.38. The number of benzene rings is 2. The van der Waals surface area contributed by atoms with Crippen molar-refractivity contribution in [1.29, 1.82) is 0 Å². The Morgan fingerprint density at radius 2 is 1.76 bits per heavy atom. The van der Waals surface area contributed by atoms with Gasteiger partial charge >= 0.3 is 5.97 Å². The van der Waals surface area contributed by atoms with Crippen LogP contribution in [0.4, 0.5) is 0 Å². The van der Waals surface area contributed by atoms with Crippen molar-refractivity contribution in [2.24, 2.45) is 0 Å². The highest BCUT2D eigenvalue weighted by atomic mass is 16.5. The molecule has 178 valence electrons. The van der Waals surface area contributed by atoms with Gasteiger partial charge in [0.1, 0.15) is 11.5 Å². The summed E-state index contributed by atoms with van der Waals surface area (Å²) in [4.78, 5) is 27.0. The number of esters is 1. The highest BCUT2D eigenvalue weighted by molar-refractivity contribution is 6.04. The summed E-state index contributed by atoms with van der Waals surface area (Å²) in [5.74, 6) is 0.233. The molecule has 2 atom stereocenters. The van der Waals surface area contributed by atoms with Crippen molar-refractivity contribution < 1.29 is 23.8 Å². The fraction of sp³-hybridized carbons (Fsp3) is 0.357. The number of ketones is 1. The maximum absolute atomic E-state index is 13.7. The van der Waals surface area contributed by atoms with Gasteiger partial charge in [-0.3, -0.25) is 4.79 Å². The van der Waals surface area contributed by atoms with Gasteiger partial charge in [0.2, 0.25) is 0 Å². The van der Waals surface area contributed by atoms with Crippen molar-refractivity contribution in [2.75, 3.05) is 14.2 Å². The minimum Gasteiger partial charge on any atom is -0.497 e. The van der Waals surface area contributed by atoms with Gasteiger partial charge in [0.15, 0.2) is 5.78 Å². The Hall–Kier alpha value is -3.54. The Morgan fingerprint density at radius 3 is 2.41 bits per heavy atom. The summed E-state index contributed by atoms with van der Waals surface area (Å²) in [5, 5.41) is 3.38. The van der Waals surface area contributed by atoms with Crippen LogP contribution in [-0.2, 0) is 14.3 Å². The van der Waals surface area contributed by atoms with Gasteiger partial charge in [0, 0.05) is 29.0 Å². The molecular formula is C28H31NO5. The molecule has 0 amide bonds. The molecule has 1 N–H and O–H groups in total. The first-order chi connectivity index (χ1) is 16.3. The lowest BCUT2D eigenvalue weighted by Gasteiger charge is -2.37. The van der Waals surface area contributed by atoms with Gasteiger partial charge in [-0.25, -0.2) is 4.79 Å². The molecule has 1 heterocycles. The van der Waals surface area contributed by atoms with Crippen molar-refractivity contribution in [3.63, 3.8) is 0 Å². The average Bonchev–Trinajstić information content (AvgIpc) is 2.82. The number of Topliss-reactive ketones (excluding diaryl/α,β-unsaturated/α-hetero) is 1. The van der Waals surface area contributed by atoms with E-state index < -0.39 is 11.9 Å². The van der Waals surface area contributed by atoms with Gasteiger partial charge in [0.05, 0.1) is 31.8 Å². The number of methoxy groups -OCH3 is 2. The van der Waals surface area contributed by atoms with Crippen molar-refractivity contribution in [3.05, 3.63) is 82.2 Å². The van der Waals surface area contributed by atoms with Gasteiger partial charge < -0.3 is 19.5 Å². The van der Waals surface area contributed by atoms with Crippen LogP contribution in [0.25, 0.3) is 0 Å². The quantitative estimate of drug-likeness (QED) is 0.609. The summed E-state index contributed by atoms with van der Waals surface area (Å²) in [7, 11) is 3.17. The minimum atomic E-state index is -0.614. The molecule has 0 spiro atoms. The first-order valence-electron chi connectivity index (χ1n) is 11.6. The molecule has 0 radical (unpaired) electrons. The van der Waals surface area contributed by atoms with E-state index in [1.165, 1.54) is 0 Å². The number of allylic oxidation sites excluding steroid dienone is 3. The second-order valence-electron chi connectivity index (χ2n) is 8.99. The maximum atomic E-state index is 13.7. The predicted octanol–water partition coefficient (Wildman–Crippen LogP) is 5.02. The highest BCUT2D eigenvalue weighted by Crippen LogP contribution is 2.48. The zero-order chi connectivity index (χ0) is 24.4. The number of hydrogen-bond acceptors (Lipinski definition) is 6. The van der Waals surface area contributed by atoms with E-state index in [1.54, 1.807) is 26.4 Å². The van der Waals surface area contributed by atoms with Crippen LogP contribution >= 0.6 is 0 Å².